The Kier molecular flexibility index (Phi) is 6.54. The van der Waals surface area contributed by atoms with Crippen LogP contribution in [0.2, 0.25) is 0 Å². The van der Waals surface area contributed by atoms with Crippen molar-refractivity contribution in [2.75, 3.05) is 13.7 Å². The van der Waals surface area contributed by atoms with Crippen LogP contribution in [-0.2, 0) is 11.3 Å². The molecule has 3 rings (SSSR count). The van der Waals surface area contributed by atoms with Gasteiger partial charge in [-0.1, -0.05) is 18.7 Å². The molecular weight excluding hydrogens is 366 g/mol. The van der Waals surface area contributed by atoms with Gasteiger partial charge >= 0.3 is 0 Å². The largest absolute Gasteiger partial charge is 0.497 e. The van der Waals surface area contributed by atoms with Gasteiger partial charge < -0.3 is 19.4 Å². The minimum atomic E-state index is -0.228. The molecule has 0 aliphatic carbocycles. The molecule has 1 atom stereocenters. The Morgan fingerprint density at radius 1 is 1.17 bits per heavy atom. The lowest BCUT2D eigenvalue weighted by Gasteiger charge is -2.16. The van der Waals surface area contributed by atoms with Crippen LogP contribution in [0.4, 0.5) is 0 Å². The zero-order chi connectivity index (χ0) is 20.8. The summed E-state index contributed by atoms with van der Waals surface area (Å²) in [6.07, 6.45) is 0.806. The van der Waals surface area contributed by atoms with Crippen molar-refractivity contribution < 1.29 is 14.3 Å². The molecule has 2 aromatic carbocycles. The highest BCUT2D eigenvalue weighted by Crippen LogP contribution is 2.22. The van der Waals surface area contributed by atoms with E-state index in [0.29, 0.717) is 12.2 Å². The maximum absolute atomic E-state index is 12.0. The smallest absolute Gasteiger partial charge is 0.246 e. The maximum atomic E-state index is 12.0. The first-order chi connectivity index (χ1) is 14.0. The summed E-state index contributed by atoms with van der Waals surface area (Å²) in [5.74, 6) is 2.27. The van der Waals surface area contributed by atoms with Crippen LogP contribution in [0.5, 0.6) is 11.5 Å². The van der Waals surface area contributed by atoms with Crippen molar-refractivity contribution >= 4 is 16.9 Å². The van der Waals surface area contributed by atoms with E-state index in [1.54, 1.807) is 14.0 Å². The van der Waals surface area contributed by atoms with E-state index >= 15 is 0 Å². The summed E-state index contributed by atoms with van der Waals surface area (Å²) >= 11 is 0. The summed E-state index contributed by atoms with van der Waals surface area (Å²) in [5, 5.41) is 2.96. The Morgan fingerprint density at radius 3 is 2.55 bits per heavy atom. The van der Waals surface area contributed by atoms with Gasteiger partial charge in [0.15, 0.2) is 0 Å². The van der Waals surface area contributed by atoms with E-state index in [1.165, 1.54) is 0 Å². The third kappa shape index (κ3) is 4.96. The molecule has 0 saturated carbocycles. The number of hydrogen-bond donors (Lipinski definition) is 1. The molecular formula is C23H27N3O3. The Labute approximate surface area is 171 Å². The fourth-order valence-electron chi connectivity index (χ4n) is 3.13. The molecule has 6 heteroatoms. The second-order valence-electron chi connectivity index (χ2n) is 6.96. The summed E-state index contributed by atoms with van der Waals surface area (Å²) in [6, 6.07) is 15.3. The predicted octanol–water partition coefficient (Wildman–Crippen LogP) is 4.27. The highest BCUT2D eigenvalue weighted by molar-refractivity contribution is 5.92. The number of aromatic nitrogens is 2. The number of amides is 1. The van der Waals surface area contributed by atoms with Crippen molar-refractivity contribution in [2.24, 2.45) is 0 Å². The Morgan fingerprint density at radius 2 is 1.86 bits per heavy atom. The topological polar surface area (TPSA) is 65.4 Å². The number of hydrogen-bond acceptors (Lipinski definition) is 4. The number of nitrogens with one attached hydrogen (secondary N) is 1. The Bertz CT molecular complexity index is 992. The molecule has 29 heavy (non-hydrogen) atoms. The van der Waals surface area contributed by atoms with Crippen LogP contribution in [0.3, 0.4) is 0 Å². The lowest BCUT2D eigenvalue weighted by atomic mass is 10.2. The number of carbonyl (C=O) groups excluding carboxylic acids is 1. The fraction of sp³-hybridized carbons (Fsp3) is 0.304. The number of fused-ring (bicyclic) bond motifs is 1. The summed E-state index contributed by atoms with van der Waals surface area (Å²) in [6.45, 7) is 8.65. The minimum Gasteiger partial charge on any atom is -0.497 e. The zero-order valence-corrected chi connectivity index (χ0v) is 17.1. The van der Waals surface area contributed by atoms with Crippen LogP contribution in [0, 0.1) is 0 Å². The van der Waals surface area contributed by atoms with Crippen molar-refractivity contribution in [3.05, 3.63) is 66.5 Å². The first-order valence-corrected chi connectivity index (χ1v) is 9.68. The van der Waals surface area contributed by atoms with Gasteiger partial charge in [-0.2, -0.15) is 0 Å². The second-order valence-corrected chi connectivity index (χ2v) is 6.96. The van der Waals surface area contributed by atoms with Gasteiger partial charge in [-0.15, -0.1) is 0 Å². The molecule has 0 saturated heterocycles. The molecule has 0 aliphatic heterocycles. The van der Waals surface area contributed by atoms with Gasteiger partial charge in [-0.3, -0.25) is 4.79 Å². The summed E-state index contributed by atoms with van der Waals surface area (Å²) in [5.41, 5.74) is 2.44. The number of para-hydroxylation sites is 2. The molecule has 152 valence electrons. The standard InChI is InChI=1S/C23H27N3O3/c1-16(2)23(27)24-17(3)22-25-20-8-5-6-9-21(20)26(22)14-7-15-29-19-12-10-18(28-4)11-13-19/h5-6,8-13,17H,1,7,14-15H2,2-4H3,(H,24,27). The first kappa shape index (κ1) is 20.5. The van der Waals surface area contributed by atoms with Crippen molar-refractivity contribution in [3.8, 4) is 11.5 Å². The zero-order valence-electron chi connectivity index (χ0n) is 17.1. The van der Waals surface area contributed by atoms with Crippen LogP contribution in [-0.4, -0.2) is 29.2 Å². The molecule has 0 fully saturated rings. The lowest BCUT2D eigenvalue weighted by molar-refractivity contribution is -0.118. The van der Waals surface area contributed by atoms with E-state index in [1.807, 2.05) is 55.5 Å². The number of methoxy groups -OCH3 is 1. The van der Waals surface area contributed by atoms with E-state index in [0.717, 1.165) is 41.3 Å². The SMILES string of the molecule is C=C(C)C(=O)NC(C)c1nc2ccccc2n1CCCOc1ccc(OC)cc1. The number of aryl methyl sites for hydroxylation is 1. The molecule has 3 aromatic rings. The maximum Gasteiger partial charge on any atom is 0.246 e. The summed E-state index contributed by atoms with van der Waals surface area (Å²) in [4.78, 5) is 16.8. The van der Waals surface area contributed by atoms with E-state index in [4.69, 9.17) is 14.5 Å². The van der Waals surface area contributed by atoms with Crippen molar-refractivity contribution in [1.82, 2.24) is 14.9 Å². The van der Waals surface area contributed by atoms with Crippen LogP contribution in [0.1, 0.15) is 32.1 Å². The monoisotopic (exact) mass is 393 g/mol. The van der Waals surface area contributed by atoms with Crippen LogP contribution in [0.15, 0.2) is 60.7 Å². The molecule has 0 bridgehead atoms. The average Bonchev–Trinajstić information content (AvgIpc) is 3.10. The predicted molar refractivity (Wildman–Crippen MR) is 114 cm³/mol. The van der Waals surface area contributed by atoms with Crippen molar-refractivity contribution in [1.29, 1.82) is 0 Å². The summed E-state index contributed by atoms with van der Waals surface area (Å²) in [7, 11) is 1.64. The average molecular weight is 393 g/mol. The third-order valence-corrected chi connectivity index (χ3v) is 4.66. The molecule has 1 aromatic heterocycles. The number of nitrogens with zero attached hydrogens (tertiary/aromatic N) is 2. The van der Waals surface area contributed by atoms with Crippen molar-refractivity contribution in [2.45, 2.75) is 32.9 Å². The molecule has 0 radical (unpaired) electrons. The van der Waals surface area contributed by atoms with Gasteiger partial charge in [0.1, 0.15) is 17.3 Å². The Hall–Kier alpha value is -3.28. The number of rotatable bonds is 9. The van der Waals surface area contributed by atoms with Gasteiger partial charge in [0.2, 0.25) is 5.91 Å². The highest BCUT2D eigenvalue weighted by Gasteiger charge is 2.18. The van der Waals surface area contributed by atoms with Gasteiger partial charge in [-0.25, -0.2) is 4.98 Å². The van der Waals surface area contributed by atoms with Gasteiger partial charge in [0.25, 0.3) is 0 Å². The quantitative estimate of drug-likeness (QED) is 0.436. The number of ether oxygens (including phenoxy) is 2. The number of benzene rings is 2. The highest BCUT2D eigenvalue weighted by atomic mass is 16.5. The van der Waals surface area contributed by atoms with Crippen LogP contribution >= 0.6 is 0 Å². The van der Waals surface area contributed by atoms with Gasteiger partial charge in [0.05, 0.1) is 30.8 Å². The van der Waals surface area contributed by atoms with E-state index in [9.17, 15) is 4.79 Å². The number of imidazole rings is 1. The third-order valence-electron chi connectivity index (χ3n) is 4.66. The van der Waals surface area contributed by atoms with E-state index in [2.05, 4.69) is 16.5 Å². The second kappa shape index (κ2) is 9.28. The lowest BCUT2D eigenvalue weighted by Crippen LogP contribution is -2.29. The van der Waals surface area contributed by atoms with Crippen LogP contribution < -0.4 is 14.8 Å². The molecule has 6 nitrogen and oxygen atoms in total. The normalized spacial score (nSPS) is 11.8. The number of carbonyl (C=O) groups is 1. The van der Waals surface area contributed by atoms with Crippen molar-refractivity contribution in [3.63, 3.8) is 0 Å². The molecule has 1 unspecified atom stereocenters. The van der Waals surface area contributed by atoms with Crippen LogP contribution in [0.25, 0.3) is 11.0 Å². The van der Waals surface area contributed by atoms with E-state index < -0.39 is 0 Å². The minimum absolute atomic E-state index is 0.168. The molecule has 0 aliphatic rings. The fourth-order valence-corrected chi connectivity index (χ4v) is 3.13. The molecule has 1 amide bonds. The van der Waals surface area contributed by atoms with E-state index in [-0.39, 0.29) is 11.9 Å². The Balaban J connectivity index is 1.69. The van der Waals surface area contributed by atoms with Gasteiger partial charge in [0, 0.05) is 12.1 Å². The molecule has 1 N–H and O–H groups in total. The summed E-state index contributed by atoms with van der Waals surface area (Å²) < 4.78 is 13.2. The first-order valence-electron chi connectivity index (χ1n) is 9.68. The molecule has 1 heterocycles. The molecule has 0 spiro atoms. The van der Waals surface area contributed by atoms with Gasteiger partial charge in [-0.05, 0) is 56.7 Å².